The second-order valence-corrected chi connectivity index (χ2v) is 3.79. The molecule has 0 aliphatic carbocycles. The maximum Gasteiger partial charge on any atom is 0.167 e. The van der Waals surface area contributed by atoms with Gasteiger partial charge in [-0.05, 0) is 39.4 Å². The summed E-state index contributed by atoms with van der Waals surface area (Å²) in [6.07, 6.45) is -0.0636. The molecule has 0 spiro atoms. The SMILES string of the molecule is CNC(C)C(C)Oc1cccc(C)c1F. The second-order valence-electron chi connectivity index (χ2n) is 3.79. The van der Waals surface area contributed by atoms with Crippen molar-refractivity contribution in [2.45, 2.75) is 32.9 Å². The molecule has 0 aromatic heterocycles. The Morgan fingerprint density at radius 1 is 1.33 bits per heavy atom. The topological polar surface area (TPSA) is 21.3 Å². The minimum Gasteiger partial charge on any atom is -0.486 e. The molecule has 3 heteroatoms. The lowest BCUT2D eigenvalue weighted by atomic mass is 10.2. The molecule has 0 saturated heterocycles. The number of aryl methyl sites for hydroxylation is 1. The number of hydrogen-bond donors (Lipinski definition) is 1. The summed E-state index contributed by atoms with van der Waals surface area (Å²) >= 11 is 0. The Labute approximate surface area is 90.4 Å². The van der Waals surface area contributed by atoms with Crippen LogP contribution in [0, 0.1) is 12.7 Å². The number of halogens is 1. The Morgan fingerprint density at radius 3 is 2.60 bits per heavy atom. The average Bonchev–Trinajstić information content (AvgIpc) is 2.23. The molecule has 0 bridgehead atoms. The van der Waals surface area contributed by atoms with Crippen molar-refractivity contribution < 1.29 is 9.13 Å². The smallest absolute Gasteiger partial charge is 0.167 e. The molecule has 84 valence electrons. The van der Waals surface area contributed by atoms with Gasteiger partial charge in [-0.15, -0.1) is 0 Å². The molecule has 0 aliphatic rings. The number of benzene rings is 1. The minimum absolute atomic E-state index is 0.0636. The summed E-state index contributed by atoms with van der Waals surface area (Å²) in [5, 5.41) is 3.07. The maximum atomic E-state index is 13.6. The van der Waals surface area contributed by atoms with Crippen LogP contribution in [0.2, 0.25) is 0 Å². The van der Waals surface area contributed by atoms with Gasteiger partial charge in [0.25, 0.3) is 0 Å². The van der Waals surface area contributed by atoms with Crippen LogP contribution in [0.3, 0.4) is 0 Å². The first-order chi connectivity index (χ1) is 7.06. The number of ether oxygens (including phenoxy) is 1. The fourth-order valence-corrected chi connectivity index (χ4v) is 1.25. The molecule has 1 aromatic rings. The zero-order chi connectivity index (χ0) is 11.4. The fourth-order valence-electron chi connectivity index (χ4n) is 1.25. The molecule has 0 amide bonds. The van der Waals surface area contributed by atoms with Gasteiger partial charge in [0.2, 0.25) is 0 Å². The van der Waals surface area contributed by atoms with E-state index in [1.807, 2.05) is 20.9 Å². The van der Waals surface area contributed by atoms with Crippen LogP contribution >= 0.6 is 0 Å². The third kappa shape index (κ3) is 2.93. The van der Waals surface area contributed by atoms with Crippen molar-refractivity contribution in [3.05, 3.63) is 29.6 Å². The summed E-state index contributed by atoms with van der Waals surface area (Å²) < 4.78 is 19.1. The van der Waals surface area contributed by atoms with Gasteiger partial charge < -0.3 is 10.1 Å². The van der Waals surface area contributed by atoms with Crippen LogP contribution in [-0.2, 0) is 0 Å². The molecule has 0 aliphatic heterocycles. The Kier molecular flexibility index (Phi) is 4.09. The van der Waals surface area contributed by atoms with Crippen molar-refractivity contribution in [3.8, 4) is 5.75 Å². The number of rotatable bonds is 4. The molecule has 0 fully saturated rings. The first kappa shape index (κ1) is 12.0. The lowest BCUT2D eigenvalue weighted by Gasteiger charge is -2.21. The van der Waals surface area contributed by atoms with Gasteiger partial charge in [-0.25, -0.2) is 4.39 Å². The van der Waals surface area contributed by atoms with Crippen LogP contribution in [0.4, 0.5) is 4.39 Å². The summed E-state index contributed by atoms with van der Waals surface area (Å²) in [6, 6.07) is 5.37. The summed E-state index contributed by atoms with van der Waals surface area (Å²) in [7, 11) is 1.86. The molecule has 2 nitrogen and oxygen atoms in total. The van der Waals surface area contributed by atoms with Gasteiger partial charge in [0.1, 0.15) is 6.10 Å². The molecule has 1 rings (SSSR count). The van der Waals surface area contributed by atoms with E-state index in [2.05, 4.69) is 5.32 Å². The molecule has 15 heavy (non-hydrogen) atoms. The van der Waals surface area contributed by atoms with Crippen molar-refractivity contribution in [2.24, 2.45) is 0 Å². The first-order valence-electron chi connectivity index (χ1n) is 5.15. The molecular weight excluding hydrogens is 193 g/mol. The summed E-state index contributed by atoms with van der Waals surface area (Å²) in [4.78, 5) is 0. The summed E-state index contributed by atoms with van der Waals surface area (Å²) in [5.74, 6) is 0.0530. The molecule has 0 saturated carbocycles. The largest absolute Gasteiger partial charge is 0.486 e. The second kappa shape index (κ2) is 5.12. The Bertz CT molecular complexity index is 327. The van der Waals surface area contributed by atoms with Gasteiger partial charge in [0.15, 0.2) is 11.6 Å². The van der Waals surface area contributed by atoms with Crippen molar-refractivity contribution in [3.63, 3.8) is 0 Å². The van der Waals surface area contributed by atoms with Gasteiger partial charge in [0, 0.05) is 6.04 Å². The lowest BCUT2D eigenvalue weighted by molar-refractivity contribution is 0.175. The molecule has 1 aromatic carbocycles. The lowest BCUT2D eigenvalue weighted by Crippen LogP contribution is -2.36. The standard InChI is InChI=1S/C12H18FNO/c1-8-6-5-7-11(12(8)13)15-10(3)9(2)14-4/h5-7,9-10,14H,1-4H3. The Hall–Kier alpha value is -1.09. The highest BCUT2D eigenvalue weighted by Gasteiger charge is 2.14. The number of hydrogen-bond acceptors (Lipinski definition) is 2. The van der Waals surface area contributed by atoms with Crippen LogP contribution in [0.1, 0.15) is 19.4 Å². The van der Waals surface area contributed by atoms with E-state index in [0.717, 1.165) is 0 Å². The first-order valence-corrected chi connectivity index (χ1v) is 5.15. The summed E-state index contributed by atoms with van der Waals surface area (Å²) in [5.41, 5.74) is 0.608. The van der Waals surface area contributed by atoms with E-state index in [9.17, 15) is 4.39 Å². The molecule has 2 unspecified atom stereocenters. The monoisotopic (exact) mass is 211 g/mol. The van der Waals surface area contributed by atoms with Crippen molar-refractivity contribution in [2.75, 3.05) is 7.05 Å². The zero-order valence-corrected chi connectivity index (χ0v) is 9.67. The van der Waals surface area contributed by atoms with Gasteiger partial charge >= 0.3 is 0 Å². The molecule has 0 radical (unpaired) electrons. The van der Waals surface area contributed by atoms with Crippen LogP contribution < -0.4 is 10.1 Å². The highest BCUT2D eigenvalue weighted by molar-refractivity contribution is 5.30. The maximum absolute atomic E-state index is 13.6. The van der Waals surface area contributed by atoms with E-state index in [-0.39, 0.29) is 18.0 Å². The van der Waals surface area contributed by atoms with E-state index in [1.165, 1.54) is 0 Å². The number of nitrogens with one attached hydrogen (secondary N) is 1. The van der Waals surface area contributed by atoms with Gasteiger partial charge in [-0.1, -0.05) is 12.1 Å². The van der Waals surface area contributed by atoms with Crippen molar-refractivity contribution >= 4 is 0 Å². The predicted molar refractivity (Wildman–Crippen MR) is 59.7 cm³/mol. The molecular formula is C12H18FNO. The van der Waals surface area contributed by atoms with E-state index in [1.54, 1.807) is 25.1 Å². The highest BCUT2D eigenvalue weighted by atomic mass is 19.1. The van der Waals surface area contributed by atoms with Gasteiger partial charge in [-0.3, -0.25) is 0 Å². The quantitative estimate of drug-likeness (QED) is 0.826. The van der Waals surface area contributed by atoms with Crippen molar-refractivity contribution in [1.82, 2.24) is 5.32 Å². The third-order valence-corrected chi connectivity index (χ3v) is 2.63. The highest BCUT2D eigenvalue weighted by Crippen LogP contribution is 2.21. The van der Waals surface area contributed by atoms with Crippen LogP contribution in [0.25, 0.3) is 0 Å². The molecule has 1 N–H and O–H groups in total. The summed E-state index contributed by atoms with van der Waals surface area (Å²) in [6.45, 7) is 5.65. The zero-order valence-electron chi connectivity index (χ0n) is 9.67. The van der Waals surface area contributed by atoms with Gasteiger partial charge in [-0.2, -0.15) is 0 Å². The van der Waals surface area contributed by atoms with Crippen LogP contribution in [-0.4, -0.2) is 19.2 Å². The number of likely N-dealkylation sites (N-methyl/N-ethyl adjacent to an activating group) is 1. The normalized spacial score (nSPS) is 14.7. The predicted octanol–water partition coefficient (Wildman–Crippen LogP) is 2.51. The fraction of sp³-hybridized carbons (Fsp3) is 0.500. The van der Waals surface area contributed by atoms with Crippen LogP contribution in [0.15, 0.2) is 18.2 Å². The third-order valence-electron chi connectivity index (χ3n) is 2.63. The Balaban J connectivity index is 2.76. The molecule has 2 atom stereocenters. The van der Waals surface area contributed by atoms with E-state index in [0.29, 0.717) is 11.3 Å². The Morgan fingerprint density at radius 2 is 2.00 bits per heavy atom. The van der Waals surface area contributed by atoms with E-state index < -0.39 is 0 Å². The van der Waals surface area contributed by atoms with Crippen LogP contribution in [0.5, 0.6) is 5.75 Å². The average molecular weight is 211 g/mol. The van der Waals surface area contributed by atoms with E-state index in [4.69, 9.17) is 4.74 Å². The minimum atomic E-state index is -0.271. The van der Waals surface area contributed by atoms with E-state index >= 15 is 0 Å². The van der Waals surface area contributed by atoms with Crippen molar-refractivity contribution in [1.29, 1.82) is 0 Å². The molecule has 0 heterocycles. The van der Waals surface area contributed by atoms with Gasteiger partial charge in [0.05, 0.1) is 0 Å².